The van der Waals surface area contributed by atoms with Gasteiger partial charge < -0.3 is 36.4 Å². The molecule has 45 heavy (non-hydrogen) atoms. The number of aryl methyl sites for hydroxylation is 1. The molecule has 0 saturated carbocycles. The van der Waals surface area contributed by atoms with Crippen LogP contribution in [-0.4, -0.2) is 45.8 Å². The zero-order valence-electron chi connectivity index (χ0n) is 24.9. The lowest BCUT2D eigenvalue weighted by atomic mass is 10.0. The number of carbonyl (C=O) groups is 3. The quantitative estimate of drug-likeness (QED) is 0.0709. The van der Waals surface area contributed by atoms with Gasteiger partial charge in [0.2, 0.25) is 5.91 Å². The highest BCUT2D eigenvalue weighted by Crippen LogP contribution is 2.53. The summed E-state index contributed by atoms with van der Waals surface area (Å²) in [5.41, 5.74) is 7.26. The lowest BCUT2D eigenvalue weighted by molar-refractivity contribution is -0.145. The molecule has 0 spiro atoms. The third-order valence-electron chi connectivity index (χ3n) is 6.61. The normalized spacial score (nSPS) is 14.3. The standard InChI is InChI=1S/C31H38N5O8P/c1-20(2)28(45(41,42)44-26(29(38)39)23-14-9-15-24(18-23)34-30(32)33)36-27(37)25(17-16-21-10-5-3-6-11-21)35-31(40)43-19-22-12-7-4-8-13-22/h3-15,18,20,25-26,28H,16-17,19H2,1-2H3,(H,35,40)(H,36,37)(H,38,39)(H,41,42)(H4,32,33,34). The van der Waals surface area contributed by atoms with Gasteiger partial charge in [-0.05, 0) is 47.6 Å². The number of anilines is 1. The van der Waals surface area contributed by atoms with Gasteiger partial charge in [0.15, 0.2) is 12.1 Å². The van der Waals surface area contributed by atoms with Crippen molar-refractivity contribution in [2.24, 2.45) is 11.7 Å². The van der Waals surface area contributed by atoms with Crippen molar-refractivity contribution in [3.05, 3.63) is 102 Å². The third-order valence-corrected chi connectivity index (χ3v) is 8.55. The van der Waals surface area contributed by atoms with Gasteiger partial charge in [-0.3, -0.25) is 19.3 Å². The zero-order valence-corrected chi connectivity index (χ0v) is 25.8. The smallest absolute Gasteiger partial charge is 0.408 e. The second kappa shape index (κ2) is 16.4. The van der Waals surface area contributed by atoms with Crippen molar-refractivity contribution in [3.8, 4) is 0 Å². The maximum Gasteiger partial charge on any atom is 0.408 e. The van der Waals surface area contributed by atoms with E-state index in [1.807, 2.05) is 36.4 Å². The molecule has 0 aromatic heterocycles. The van der Waals surface area contributed by atoms with Gasteiger partial charge in [-0.15, -0.1) is 0 Å². The average molecular weight is 640 g/mol. The van der Waals surface area contributed by atoms with Crippen LogP contribution in [0.5, 0.6) is 0 Å². The zero-order chi connectivity index (χ0) is 33.0. The van der Waals surface area contributed by atoms with Crippen LogP contribution in [0.3, 0.4) is 0 Å². The summed E-state index contributed by atoms with van der Waals surface area (Å²) >= 11 is 0. The Morgan fingerprint density at radius 3 is 2.13 bits per heavy atom. The number of rotatable bonds is 15. The minimum absolute atomic E-state index is 0.000392. The fraction of sp³-hybridized carbons (Fsp3) is 0.290. The van der Waals surface area contributed by atoms with E-state index in [1.54, 1.807) is 38.1 Å². The van der Waals surface area contributed by atoms with Crippen molar-refractivity contribution in [1.82, 2.24) is 10.6 Å². The van der Waals surface area contributed by atoms with Gasteiger partial charge >= 0.3 is 19.7 Å². The predicted octanol–water partition coefficient (Wildman–Crippen LogP) is 4.35. The van der Waals surface area contributed by atoms with Crippen molar-refractivity contribution >= 4 is 37.2 Å². The Bertz CT molecular complexity index is 1510. The molecular formula is C31H38N5O8P. The molecule has 14 heteroatoms. The summed E-state index contributed by atoms with van der Waals surface area (Å²) in [6, 6.07) is 22.7. The lowest BCUT2D eigenvalue weighted by Gasteiger charge is -2.30. The van der Waals surface area contributed by atoms with E-state index in [9.17, 15) is 28.9 Å². The van der Waals surface area contributed by atoms with Gasteiger partial charge in [-0.2, -0.15) is 0 Å². The maximum absolute atomic E-state index is 13.6. The monoisotopic (exact) mass is 639 g/mol. The molecule has 0 heterocycles. The predicted molar refractivity (Wildman–Crippen MR) is 168 cm³/mol. The fourth-order valence-electron chi connectivity index (χ4n) is 4.40. The van der Waals surface area contributed by atoms with Gasteiger partial charge in [-0.1, -0.05) is 86.6 Å². The van der Waals surface area contributed by atoms with Crippen LogP contribution in [0, 0.1) is 11.3 Å². The summed E-state index contributed by atoms with van der Waals surface area (Å²) in [6.07, 6.45) is -2.23. The first-order valence-corrected chi connectivity index (χ1v) is 15.8. The highest BCUT2D eigenvalue weighted by molar-refractivity contribution is 7.53. The minimum atomic E-state index is -4.88. The van der Waals surface area contributed by atoms with Gasteiger partial charge in [-0.25, -0.2) is 9.59 Å². The molecular weight excluding hydrogens is 601 g/mol. The van der Waals surface area contributed by atoms with Crippen LogP contribution in [-0.2, 0) is 36.4 Å². The summed E-state index contributed by atoms with van der Waals surface area (Å²) in [5, 5.41) is 24.8. The Kier molecular flexibility index (Phi) is 12.7. The second-order valence-corrected chi connectivity index (χ2v) is 12.4. The fourth-order valence-corrected chi connectivity index (χ4v) is 6.09. The number of hydrogen-bond acceptors (Lipinski definition) is 7. The van der Waals surface area contributed by atoms with E-state index < -0.39 is 55.4 Å². The van der Waals surface area contributed by atoms with Crippen molar-refractivity contribution in [3.63, 3.8) is 0 Å². The first-order chi connectivity index (χ1) is 21.4. The number of nitrogens with one attached hydrogen (secondary N) is 4. The SMILES string of the molecule is CC(C)C(NC(=O)C(CCc1ccccc1)NC(=O)OCc1ccccc1)P(=O)(O)OC(C(=O)O)c1cccc(NC(=N)N)c1. The third kappa shape index (κ3) is 11.1. The Balaban J connectivity index is 1.79. The number of carbonyl (C=O) groups excluding carboxylic acids is 2. The second-order valence-electron chi connectivity index (χ2n) is 10.5. The highest BCUT2D eigenvalue weighted by atomic mass is 31.2. The van der Waals surface area contributed by atoms with Gasteiger partial charge in [0.25, 0.3) is 0 Å². The number of alkyl carbamates (subject to hydrolysis) is 1. The molecule has 4 unspecified atom stereocenters. The van der Waals surface area contributed by atoms with Crippen LogP contribution in [0.2, 0.25) is 0 Å². The summed E-state index contributed by atoms with van der Waals surface area (Å²) in [7, 11) is -4.88. The number of aliphatic carboxylic acids is 1. The number of ether oxygens (including phenoxy) is 1. The van der Waals surface area contributed by atoms with Gasteiger partial charge in [0.05, 0.1) is 0 Å². The van der Waals surface area contributed by atoms with Crippen LogP contribution < -0.4 is 21.7 Å². The number of hydrogen-bond donors (Lipinski definition) is 7. The van der Waals surface area contributed by atoms with E-state index in [2.05, 4.69) is 16.0 Å². The van der Waals surface area contributed by atoms with E-state index in [4.69, 9.17) is 20.4 Å². The molecule has 0 aliphatic carbocycles. The lowest BCUT2D eigenvalue weighted by Crippen LogP contribution is -2.51. The molecule has 0 saturated heterocycles. The molecule has 8 N–H and O–H groups in total. The molecule has 13 nitrogen and oxygen atoms in total. The highest BCUT2D eigenvalue weighted by Gasteiger charge is 2.42. The number of amides is 2. The van der Waals surface area contributed by atoms with Crippen LogP contribution in [0.4, 0.5) is 10.5 Å². The topological polar surface area (TPSA) is 213 Å². The summed E-state index contributed by atoms with van der Waals surface area (Å²) in [6.45, 7) is 3.09. The van der Waals surface area contributed by atoms with E-state index in [-0.39, 0.29) is 24.3 Å². The van der Waals surface area contributed by atoms with Crippen LogP contribution in [0.1, 0.15) is 43.1 Å². The largest absolute Gasteiger partial charge is 0.479 e. The summed E-state index contributed by atoms with van der Waals surface area (Å²) in [5.74, 6) is -4.95. The molecule has 2 amide bonds. The molecule has 0 bridgehead atoms. The van der Waals surface area contributed by atoms with Crippen LogP contribution in [0.25, 0.3) is 0 Å². The molecule has 4 atom stereocenters. The van der Waals surface area contributed by atoms with Crippen molar-refractivity contribution in [1.29, 1.82) is 5.41 Å². The van der Waals surface area contributed by atoms with Crippen molar-refractivity contribution < 1.29 is 38.2 Å². The Morgan fingerprint density at radius 1 is 0.933 bits per heavy atom. The van der Waals surface area contributed by atoms with E-state index in [0.717, 1.165) is 11.1 Å². The van der Waals surface area contributed by atoms with E-state index in [0.29, 0.717) is 6.42 Å². The first-order valence-electron chi connectivity index (χ1n) is 14.1. The van der Waals surface area contributed by atoms with Crippen molar-refractivity contribution in [2.75, 3.05) is 5.32 Å². The average Bonchev–Trinajstić information content (AvgIpc) is 3.00. The molecule has 3 aromatic carbocycles. The maximum atomic E-state index is 13.6. The van der Waals surface area contributed by atoms with Gasteiger partial charge in [0.1, 0.15) is 18.4 Å². The van der Waals surface area contributed by atoms with Crippen LogP contribution >= 0.6 is 7.60 Å². The number of benzene rings is 3. The molecule has 0 fully saturated rings. The molecule has 0 aliphatic rings. The number of nitrogens with two attached hydrogens (primary N) is 1. The molecule has 3 aromatic rings. The summed E-state index contributed by atoms with van der Waals surface area (Å²) < 4.78 is 24.2. The van der Waals surface area contributed by atoms with Crippen LogP contribution in [0.15, 0.2) is 84.9 Å². The summed E-state index contributed by atoms with van der Waals surface area (Å²) in [4.78, 5) is 49.4. The van der Waals surface area contributed by atoms with E-state index >= 15 is 0 Å². The number of carboxylic acid groups (broad SMARTS) is 1. The first kappa shape index (κ1) is 34.8. The Hall–Kier alpha value is -4.71. The molecule has 3 rings (SSSR count). The van der Waals surface area contributed by atoms with Crippen molar-refractivity contribution in [2.45, 2.75) is 51.2 Å². The Morgan fingerprint density at radius 2 is 1.56 bits per heavy atom. The minimum Gasteiger partial charge on any atom is -0.479 e. The van der Waals surface area contributed by atoms with Gasteiger partial charge in [0, 0.05) is 5.69 Å². The molecule has 0 radical (unpaired) electrons. The van der Waals surface area contributed by atoms with E-state index in [1.165, 1.54) is 24.3 Å². The Labute approximate surface area is 261 Å². The molecule has 0 aliphatic heterocycles. The number of guanidine groups is 1. The molecule has 240 valence electrons. The number of carboxylic acids is 1.